The van der Waals surface area contributed by atoms with E-state index in [4.69, 9.17) is 0 Å². The van der Waals surface area contributed by atoms with Crippen LogP contribution in [-0.4, -0.2) is 24.5 Å². The van der Waals surface area contributed by atoms with Crippen molar-refractivity contribution < 1.29 is 4.79 Å². The first kappa shape index (κ1) is 11.5. The van der Waals surface area contributed by atoms with E-state index < -0.39 is 0 Å². The van der Waals surface area contributed by atoms with Gasteiger partial charge in [-0.25, -0.2) is 0 Å². The number of hydrogen-bond donors (Lipinski definition) is 2. The minimum atomic E-state index is 0.336. The molecular formula is C14H24N2O. The molecule has 2 bridgehead atoms. The molecule has 0 radical (unpaired) electrons. The Bertz CT molecular complexity index is 305. The number of piperidine rings is 1. The fourth-order valence-corrected chi connectivity index (χ4v) is 4.10. The van der Waals surface area contributed by atoms with Crippen molar-refractivity contribution in [3.05, 3.63) is 0 Å². The predicted octanol–water partition coefficient (Wildman–Crippen LogP) is 1.68. The molecule has 1 heterocycles. The van der Waals surface area contributed by atoms with Crippen LogP contribution in [0.4, 0.5) is 0 Å². The maximum atomic E-state index is 12.3. The number of carbonyl (C=O) groups excluding carboxylic acids is 1. The average molecular weight is 236 g/mol. The molecule has 0 spiro atoms. The first-order valence-corrected chi connectivity index (χ1v) is 7.28. The molecule has 3 nitrogen and oxygen atoms in total. The van der Waals surface area contributed by atoms with Crippen LogP contribution in [0, 0.1) is 17.8 Å². The molecule has 2 N–H and O–H groups in total. The Balaban J connectivity index is 1.56. The van der Waals surface area contributed by atoms with Gasteiger partial charge in [0, 0.05) is 18.0 Å². The fourth-order valence-electron chi connectivity index (χ4n) is 4.10. The van der Waals surface area contributed by atoms with Crippen LogP contribution < -0.4 is 10.6 Å². The van der Waals surface area contributed by atoms with Gasteiger partial charge in [0.25, 0.3) is 0 Å². The summed E-state index contributed by atoms with van der Waals surface area (Å²) in [5.41, 5.74) is 0. The van der Waals surface area contributed by atoms with Crippen LogP contribution in [0.2, 0.25) is 0 Å². The molecule has 3 heteroatoms. The molecule has 5 atom stereocenters. The summed E-state index contributed by atoms with van der Waals surface area (Å²) in [6.45, 7) is 3.28. The standard InChI is InChI=1S/C14H24N2O/c1-9-13(3-2-6-15-9)16-14(17)12-8-10-4-5-11(12)7-10/h9-13,15H,2-8H2,1H3,(H,16,17). The van der Waals surface area contributed by atoms with Gasteiger partial charge in [-0.15, -0.1) is 0 Å². The van der Waals surface area contributed by atoms with Crippen LogP contribution in [-0.2, 0) is 4.79 Å². The number of amides is 1. The zero-order valence-electron chi connectivity index (χ0n) is 10.7. The molecule has 3 rings (SSSR count). The molecule has 17 heavy (non-hydrogen) atoms. The maximum Gasteiger partial charge on any atom is 0.223 e. The van der Waals surface area contributed by atoms with Crippen LogP contribution in [0.15, 0.2) is 0 Å². The van der Waals surface area contributed by atoms with Crippen molar-refractivity contribution in [1.29, 1.82) is 0 Å². The third-order valence-electron chi connectivity index (χ3n) is 5.16. The Morgan fingerprint density at radius 3 is 2.76 bits per heavy atom. The summed E-state index contributed by atoms with van der Waals surface area (Å²) in [5, 5.41) is 6.74. The molecule has 5 unspecified atom stereocenters. The molecule has 2 aliphatic carbocycles. The highest BCUT2D eigenvalue weighted by atomic mass is 16.2. The Kier molecular flexibility index (Phi) is 3.12. The first-order valence-electron chi connectivity index (χ1n) is 7.28. The van der Waals surface area contributed by atoms with Gasteiger partial charge in [-0.05, 0) is 57.4 Å². The second-order valence-corrected chi connectivity index (χ2v) is 6.28. The number of fused-ring (bicyclic) bond motifs is 2. The molecule has 0 aromatic heterocycles. The number of nitrogens with one attached hydrogen (secondary N) is 2. The SMILES string of the molecule is CC1NCCCC1NC(=O)C1CC2CCC1C2. The summed E-state index contributed by atoms with van der Waals surface area (Å²) < 4.78 is 0. The third-order valence-corrected chi connectivity index (χ3v) is 5.16. The Morgan fingerprint density at radius 2 is 2.12 bits per heavy atom. The molecule has 3 aliphatic rings. The Hall–Kier alpha value is -0.570. The summed E-state index contributed by atoms with van der Waals surface area (Å²) in [4.78, 5) is 12.3. The van der Waals surface area contributed by atoms with Crippen molar-refractivity contribution in [2.45, 2.75) is 57.5 Å². The highest BCUT2D eigenvalue weighted by molar-refractivity contribution is 5.79. The van der Waals surface area contributed by atoms with Gasteiger partial charge in [0.1, 0.15) is 0 Å². The van der Waals surface area contributed by atoms with Gasteiger partial charge < -0.3 is 10.6 Å². The molecule has 1 aliphatic heterocycles. The summed E-state index contributed by atoms with van der Waals surface area (Å²) >= 11 is 0. The van der Waals surface area contributed by atoms with E-state index in [9.17, 15) is 4.79 Å². The van der Waals surface area contributed by atoms with Gasteiger partial charge in [-0.2, -0.15) is 0 Å². The van der Waals surface area contributed by atoms with E-state index in [1.54, 1.807) is 0 Å². The topological polar surface area (TPSA) is 41.1 Å². The highest BCUT2D eigenvalue weighted by Crippen LogP contribution is 2.48. The van der Waals surface area contributed by atoms with E-state index in [2.05, 4.69) is 17.6 Å². The summed E-state index contributed by atoms with van der Waals surface area (Å²) in [7, 11) is 0. The van der Waals surface area contributed by atoms with Gasteiger partial charge in [0.2, 0.25) is 5.91 Å². The second-order valence-electron chi connectivity index (χ2n) is 6.28. The lowest BCUT2D eigenvalue weighted by Crippen LogP contribution is -2.53. The third kappa shape index (κ3) is 2.22. The predicted molar refractivity (Wildman–Crippen MR) is 67.6 cm³/mol. The minimum absolute atomic E-state index is 0.336. The zero-order valence-corrected chi connectivity index (χ0v) is 10.7. The van der Waals surface area contributed by atoms with Gasteiger partial charge >= 0.3 is 0 Å². The van der Waals surface area contributed by atoms with E-state index in [0.29, 0.717) is 29.8 Å². The van der Waals surface area contributed by atoms with Crippen molar-refractivity contribution in [3.63, 3.8) is 0 Å². The highest BCUT2D eigenvalue weighted by Gasteiger charge is 2.43. The molecule has 1 amide bonds. The molecule has 96 valence electrons. The zero-order chi connectivity index (χ0) is 11.8. The molecule has 1 saturated heterocycles. The average Bonchev–Trinajstić information content (AvgIpc) is 2.94. The second kappa shape index (κ2) is 4.60. The van der Waals surface area contributed by atoms with Crippen LogP contribution in [0.1, 0.15) is 45.4 Å². The first-order chi connectivity index (χ1) is 8.24. The molecular weight excluding hydrogens is 212 g/mol. The van der Waals surface area contributed by atoms with Crippen LogP contribution >= 0.6 is 0 Å². The van der Waals surface area contributed by atoms with E-state index in [1.807, 2.05) is 0 Å². The quantitative estimate of drug-likeness (QED) is 0.766. The molecule has 0 aromatic carbocycles. The summed E-state index contributed by atoms with van der Waals surface area (Å²) in [6.07, 6.45) is 7.46. The van der Waals surface area contributed by atoms with E-state index >= 15 is 0 Å². The van der Waals surface area contributed by atoms with E-state index in [1.165, 1.54) is 25.7 Å². The van der Waals surface area contributed by atoms with Gasteiger partial charge in [0.05, 0.1) is 0 Å². The van der Waals surface area contributed by atoms with Crippen LogP contribution in [0.3, 0.4) is 0 Å². The molecule has 2 saturated carbocycles. The summed E-state index contributed by atoms with van der Waals surface area (Å²) in [6, 6.07) is 0.793. The van der Waals surface area contributed by atoms with Crippen molar-refractivity contribution >= 4 is 5.91 Å². The van der Waals surface area contributed by atoms with E-state index in [0.717, 1.165) is 25.3 Å². The fraction of sp³-hybridized carbons (Fsp3) is 0.929. The van der Waals surface area contributed by atoms with Crippen molar-refractivity contribution in [2.24, 2.45) is 17.8 Å². The van der Waals surface area contributed by atoms with Crippen LogP contribution in [0.25, 0.3) is 0 Å². The lowest BCUT2D eigenvalue weighted by Gasteiger charge is -2.32. The molecule has 3 fully saturated rings. The molecule has 0 aromatic rings. The largest absolute Gasteiger partial charge is 0.352 e. The van der Waals surface area contributed by atoms with Gasteiger partial charge in [-0.1, -0.05) is 6.42 Å². The van der Waals surface area contributed by atoms with Crippen molar-refractivity contribution in [3.8, 4) is 0 Å². The van der Waals surface area contributed by atoms with Gasteiger partial charge in [-0.3, -0.25) is 4.79 Å². The van der Waals surface area contributed by atoms with Gasteiger partial charge in [0.15, 0.2) is 0 Å². The minimum Gasteiger partial charge on any atom is -0.352 e. The Morgan fingerprint density at radius 1 is 1.24 bits per heavy atom. The van der Waals surface area contributed by atoms with E-state index in [-0.39, 0.29) is 0 Å². The van der Waals surface area contributed by atoms with Crippen molar-refractivity contribution in [2.75, 3.05) is 6.54 Å². The van der Waals surface area contributed by atoms with Crippen LogP contribution in [0.5, 0.6) is 0 Å². The number of hydrogen-bond acceptors (Lipinski definition) is 2. The lowest BCUT2D eigenvalue weighted by molar-refractivity contribution is -0.127. The number of carbonyl (C=O) groups is 1. The van der Waals surface area contributed by atoms with Crippen molar-refractivity contribution in [1.82, 2.24) is 10.6 Å². The number of rotatable bonds is 2. The maximum absolute atomic E-state index is 12.3. The Labute approximate surface area is 104 Å². The smallest absolute Gasteiger partial charge is 0.223 e. The normalized spacial score (nSPS) is 44.9. The monoisotopic (exact) mass is 236 g/mol. The summed E-state index contributed by atoms with van der Waals surface area (Å²) in [5.74, 6) is 2.24. The lowest BCUT2D eigenvalue weighted by atomic mass is 9.87.